The van der Waals surface area contributed by atoms with Crippen molar-refractivity contribution in [3.05, 3.63) is 107 Å². The Bertz CT molecular complexity index is 1610. The van der Waals surface area contributed by atoms with Crippen molar-refractivity contribution >= 4 is 32.7 Å². The summed E-state index contributed by atoms with van der Waals surface area (Å²) in [6.07, 6.45) is 5.36. The van der Waals surface area contributed by atoms with E-state index in [9.17, 15) is 0 Å². The number of hydrogen-bond acceptors (Lipinski definition) is 3. The molecule has 3 heteroatoms. The molecule has 0 aliphatic heterocycles. The molecule has 0 spiro atoms. The minimum absolute atomic E-state index is 0.276. The quantitative estimate of drug-likeness (QED) is 0.255. The zero-order valence-electron chi connectivity index (χ0n) is 19.8. The normalized spacial score (nSPS) is 12.9. The molecule has 0 saturated heterocycles. The molecule has 3 nitrogen and oxygen atoms in total. The molecule has 3 heterocycles. The third-order valence-corrected chi connectivity index (χ3v) is 6.86. The second-order valence-electron chi connectivity index (χ2n) is 9.69. The van der Waals surface area contributed by atoms with E-state index in [1.807, 2.05) is 18.6 Å². The van der Waals surface area contributed by atoms with E-state index in [1.165, 1.54) is 21.9 Å². The Balaban J connectivity index is 1.26. The van der Waals surface area contributed by atoms with Crippen molar-refractivity contribution in [3.8, 4) is 0 Å². The molecule has 1 atom stereocenters. The van der Waals surface area contributed by atoms with E-state index < -0.39 is 0 Å². The van der Waals surface area contributed by atoms with E-state index >= 15 is 0 Å². The first-order valence-corrected chi connectivity index (χ1v) is 12.0. The number of furan rings is 3. The van der Waals surface area contributed by atoms with Gasteiger partial charge < -0.3 is 13.3 Å². The summed E-state index contributed by atoms with van der Waals surface area (Å²) in [5, 5.41) is 4.68. The highest BCUT2D eigenvalue weighted by Gasteiger charge is 2.17. The molecule has 0 radical (unpaired) electrons. The lowest BCUT2D eigenvalue weighted by molar-refractivity contribution is 0.478. The smallest absolute Gasteiger partial charge is 0.137 e. The van der Waals surface area contributed by atoms with Crippen LogP contribution in [0.5, 0.6) is 0 Å². The summed E-state index contributed by atoms with van der Waals surface area (Å²) < 4.78 is 18.2. The number of benzene rings is 3. The SMILES string of the molecule is CC(C)c1coc2c(Cc3cc4ccc(CC(C)c5occ6ccccc56)cc4o3)cccc12. The Morgan fingerprint density at radius 2 is 1.62 bits per heavy atom. The molecule has 0 bridgehead atoms. The van der Waals surface area contributed by atoms with Crippen LogP contribution in [-0.2, 0) is 12.8 Å². The van der Waals surface area contributed by atoms with Crippen LogP contribution < -0.4 is 0 Å². The van der Waals surface area contributed by atoms with Crippen LogP contribution in [0.15, 0.2) is 92.5 Å². The zero-order chi connectivity index (χ0) is 23.2. The van der Waals surface area contributed by atoms with Gasteiger partial charge in [-0.05, 0) is 30.0 Å². The van der Waals surface area contributed by atoms with E-state index in [0.717, 1.165) is 45.4 Å². The van der Waals surface area contributed by atoms with E-state index in [1.54, 1.807) is 0 Å². The molecule has 3 aromatic heterocycles. The minimum atomic E-state index is 0.276. The van der Waals surface area contributed by atoms with Crippen molar-refractivity contribution in [1.82, 2.24) is 0 Å². The minimum Gasteiger partial charge on any atom is -0.468 e. The van der Waals surface area contributed by atoms with Gasteiger partial charge >= 0.3 is 0 Å². The van der Waals surface area contributed by atoms with Crippen molar-refractivity contribution in [1.29, 1.82) is 0 Å². The molecular weight excluding hydrogens is 420 g/mol. The predicted octanol–water partition coefficient (Wildman–Crippen LogP) is 8.99. The van der Waals surface area contributed by atoms with E-state index in [0.29, 0.717) is 12.3 Å². The number of hydrogen-bond donors (Lipinski definition) is 0. The second kappa shape index (κ2) is 8.25. The van der Waals surface area contributed by atoms with Gasteiger partial charge in [-0.25, -0.2) is 0 Å². The second-order valence-corrected chi connectivity index (χ2v) is 9.69. The van der Waals surface area contributed by atoms with Gasteiger partial charge in [-0.2, -0.15) is 0 Å². The lowest BCUT2D eigenvalue weighted by atomic mass is 9.96. The fraction of sp³-hybridized carbons (Fsp3) is 0.226. The fourth-order valence-electron chi connectivity index (χ4n) is 5.10. The zero-order valence-corrected chi connectivity index (χ0v) is 19.8. The van der Waals surface area contributed by atoms with Gasteiger partial charge in [0.25, 0.3) is 0 Å². The summed E-state index contributed by atoms with van der Waals surface area (Å²) in [7, 11) is 0. The fourth-order valence-corrected chi connectivity index (χ4v) is 5.10. The first kappa shape index (κ1) is 20.9. The average molecular weight is 449 g/mol. The standard InChI is InChI=1S/C31H28O3/c1-19(2)28-18-33-31-23(8-6-10-27(28)31)16-25-15-22-12-11-21(14-29(22)34-25)13-20(3)30-26-9-5-4-7-24(26)17-32-30/h4-12,14-15,17-20H,13,16H2,1-3H3. The molecular formula is C31H28O3. The van der Waals surface area contributed by atoms with Gasteiger partial charge in [0.05, 0.1) is 12.5 Å². The summed E-state index contributed by atoms with van der Waals surface area (Å²) in [4.78, 5) is 0. The Hall–Kier alpha value is -3.72. The molecule has 0 saturated carbocycles. The Labute approximate surface area is 199 Å². The van der Waals surface area contributed by atoms with Gasteiger partial charge in [-0.1, -0.05) is 75.4 Å². The molecule has 170 valence electrons. The topological polar surface area (TPSA) is 39.4 Å². The third-order valence-electron chi connectivity index (χ3n) is 6.86. The summed E-state index contributed by atoms with van der Waals surface area (Å²) in [5.41, 5.74) is 5.55. The van der Waals surface area contributed by atoms with E-state index in [2.05, 4.69) is 81.4 Å². The van der Waals surface area contributed by atoms with Crippen molar-refractivity contribution in [2.45, 2.75) is 45.4 Å². The van der Waals surface area contributed by atoms with Crippen LogP contribution in [0.1, 0.15) is 60.8 Å². The number of fused-ring (bicyclic) bond motifs is 3. The summed E-state index contributed by atoms with van der Waals surface area (Å²) in [6, 6.07) is 23.4. The third kappa shape index (κ3) is 3.62. The van der Waals surface area contributed by atoms with Crippen molar-refractivity contribution < 1.29 is 13.3 Å². The van der Waals surface area contributed by atoms with Crippen molar-refractivity contribution in [2.24, 2.45) is 0 Å². The molecule has 1 unspecified atom stereocenters. The van der Waals surface area contributed by atoms with Crippen LogP contribution in [0.2, 0.25) is 0 Å². The van der Waals surface area contributed by atoms with E-state index in [-0.39, 0.29) is 5.92 Å². The van der Waals surface area contributed by atoms with Crippen LogP contribution in [0, 0.1) is 0 Å². The van der Waals surface area contributed by atoms with Crippen LogP contribution >= 0.6 is 0 Å². The molecule has 6 rings (SSSR count). The van der Waals surface area contributed by atoms with Crippen LogP contribution in [-0.4, -0.2) is 0 Å². The molecule has 0 N–H and O–H groups in total. The first-order chi connectivity index (χ1) is 16.6. The largest absolute Gasteiger partial charge is 0.468 e. The highest BCUT2D eigenvalue weighted by molar-refractivity contribution is 5.86. The van der Waals surface area contributed by atoms with Gasteiger partial charge in [0.2, 0.25) is 0 Å². The molecule has 0 aliphatic carbocycles. The molecule has 0 aliphatic rings. The monoisotopic (exact) mass is 448 g/mol. The maximum atomic E-state index is 6.29. The molecule has 0 amide bonds. The lowest BCUT2D eigenvalue weighted by Gasteiger charge is -2.09. The number of para-hydroxylation sites is 1. The predicted molar refractivity (Wildman–Crippen MR) is 138 cm³/mol. The lowest BCUT2D eigenvalue weighted by Crippen LogP contribution is -1.97. The van der Waals surface area contributed by atoms with Crippen LogP contribution in [0.4, 0.5) is 0 Å². The van der Waals surface area contributed by atoms with Gasteiger partial charge in [-0.3, -0.25) is 0 Å². The van der Waals surface area contributed by atoms with Crippen LogP contribution in [0.25, 0.3) is 32.7 Å². The molecule has 3 aromatic carbocycles. The van der Waals surface area contributed by atoms with Gasteiger partial charge in [-0.15, -0.1) is 0 Å². The van der Waals surface area contributed by atoms with Crippen molar-refractivity contribution in [3.63, 3.8) is 0 Å². The van der Waals surface area contributed by atoms with Gasteiger partial charge in [0.1, 0.15) is 22.7 Å². The first-order valence-electron chi connectivity index (χ1n) is 12.0. The average Bonchev–Trinajstić information content (AvgIpc) is 3.55. The molecule has 6 aromatic rings. The number of rotatable bonds is 6. The summed E-state index contributed by atoms with van der Waals surface area (Å²) >= 11 is 0. The molecule has 34 heavy (non-hydrogen) atoms. The Morgan fingerprint density at radius 3 is 2.50 bits per heavy atom. The van der Waals surface area contributed by atoms with Gasteiger partial charge in [0, 0.05) is 45.0 Å². The highest BCUT2D eigenvalue weighted by atomic mass is 16.3. The van der Waals surface area contributed by atoms with Gasteiger partial charge in [0.15, 0.2) is 0 Å². The Kier molecular flexibility index (Phi) is 5.06. The summed E-state index contributed by atoms with van der Waals surface area (Å²) in [6.45, 7) is 6.62. The molecule has 0 fully saturated rings. The van der Waals surface area contributed by atoms with Crippen LogP contribution in [0.3, 0.4) is 0 Å². The highest BCUT2D eigenvalue weighted by Crippen LogP contribution is 2.33. The Morgan fingerprint density at radius 1 is 0.765 bits per heavy atom. The summed E-state index contributed by atoms with van der Waals surface area (Å²) in [5.74, 6) is 2.71. The maximum Gasteiger partial charge on any atom is 0.137 e. The maximum absolute atomic E-state index is 6.29. The van der Waals surface area contributed by atoms with Crippen molar-refractivity contribution in [2.75, 3.05) is 0 Å². The van der Waals surface area contributed by atoms with E-state index in [4.69, 9.17) is 13.3 Å².